The van der Waals surface area contributed by atoms with Crippen molar-refractivity contribution in [2.45, 2.75) is 25.2 Å². The molecule has 1 aliphatic carbocycles. The van der Waals surface area contributed by atoms with Gasteiger partial charge in [0.15, 0.2) is 0 Å². The van der Waals surface area contributed by atoms with Crippen LogP contribution in [0.25, 0.3) is 0 Å². The zero-order chi connectivity index (χ0) is 11.8. The largest absolute Gasteiger partial charge is 0.481 e. The molecule has 2 atom stereocenters. The SMILES string of the molecule is O=C(O)C1CC1c1cccnc1N1CCCC1. The van der Waals surface area contributed by atoms with Gasteiger partial charge < -0.3 is 10.0 Å². The highest BCUT2D eigenvalue weighted by Crippen LogP contribution is 2.50. The zero-order valence-electron chi connectivity index (χ0n) is 9.67. The standard InChI is InChI=1S/C13H16N2O2/c16-13(17)11-8-10(11)9-4-3-5-14-12(9)15-6-1-2-7-15/h3-5,10-11H,1-2,6-8H2,(H,16,17). The minimum Gasteiger partial charge on any atom is -0.481 e. The van der Waals surface area contributed by atoms with E-state index in [0.717, 1.165) is 30.9 Å². The average molecular weight is 232 g/mol. The van der Waals surface area contributed by atoms with Crippen molar-refractivity contribution in [3.8, 4) is 0 Å². The number of anilines is 1. The number of carbonyl (C=O) groups is 1. The Balaban J connectivity index is 1.87. The molecule has 2 fully saturated rings. The maximum atomic E-state index is 10.9. The lowest BCUT2D eigenvalue weighted by molar-refractivity contribution is -0.138. The summed E-state index contributed by atoms with van der Waals surface area (Å²) in [6.07, 6.45) is 4.99. The Morgan fingerprint density at radius 1 is 1.41 bits per heavy atom. The van der Waals surface area contributed by atoms with Gasteiger partial charge in [0.1, 0.15) is 5.82 Å². The molecule has 0 spiro atoms. The lowest BCUT2D eigenvalue weighted by Crippen LogP contribution is -2.20. The van der Waals surface area contributed by atoms with Crippen LogP contribution in [0, 0.1) is 5.92 Å². The lowest BCUT2D eigenvalue weighted by atomic mass is 10.1. The van der Waals surface area contributed by atoms with Crippen molar-refractivity contribution in [1.82, 2.24) is 4.98 Å². The Kier molecular flexibility index (Phi) is 2.50. The van der Waals surface area contributed by atoms with Crippen molar-refractivity contribution in [2.24, 2.45) is 5.92 Å². The fraction of sp³-hybridized carbons (Fsp3) is 0.538. The van der Waals surface area contributed by atoms with Crippen LogP contribution < -0.4 is 4.90 Å². The minimum atomic E-state index is -0.675. The first kappa shape index (κ1) is 10.6. The smallest absolute Gasteiger partial charge is 0.307 e. The van der Waals surface area contributed by atoms with E-state index >= 15 is 0 Å². The molecule has 90 valence electrons. The molecule has 4 heteroatoms. The first-order valence-corrected chi connectivity index (χ1v) is 6.20. The highest BCUT2D eigenvalue weighted by molar-refractivity contribution is 5.76. The van der Waals surface area contributed by atoms with Gasteiger partial charge >= 0.3 is 5.97 Å². The fourth-order valence-electron chi connectivity index (χ4n) is 2.70. The van der Waals surface area contributed by atoms with Crippen LogP contribution in [0.4, 0.5) is 5.82 Å². The second-order valence-corrected chi connectivity index (χ2v) is 4.90. The normalized spacial score (nSPS) is 27.2. The van der Waals surface area contributed by atoms with E-state index in [9.17, 15) is 4.79 Å². The minimum absolute atomic E-state index is 0.178. The number of carboxylic acid groups (broad SMARTS) is 1. The van der Waals surface area contributed by atoms with E-state index < -0.39 is 5.97 Å². The molecular weight excluding hydrogens is 216 g/mol. The molecule has 2 heterocycles. The lowest BCUT2D eigenvalue weighted by Gasteiger charge is -2.19. The number of nitrogens with zero attached hydrogens (tertiary/aromatic N) is 2. The van der Waals surface area contributed by atoms with E-state index in [4.69, 9.17) is 5.11 Å². The van der Waals surface area contributed by atoms with Crippen LogP contribution in [0.5, 0.6) is 0 Å². The Bertz CT molecular complexity index is 441. The first-order chi connectivity index (χ1) is 8.27. The molecule has 1 saturated heterocycles. The summed E-state index contributed by atoms with van der Waals surface area (Å²) in [5, 5.41) is 9.01. The van der Waals surface area contributed by atoms with Gasteiger partial charge in [-0.3, -0.25) is 4.79 Å². The van der Waals surface area contributed by atoms with Crippen molar-refractivity contribution in [3.63, 3.8) is 0 Å². The summed E-state index contributed by atoms with van der Waals surface area (Å²) in [4.78, 5) is 17.7. The molecule has 0 amide bonds. The van der Waals surface area contributed by atoms with E-state index in [-0.39, 0.29) is 11.8 Å². The van der Waals surface area contributed by atoms with E-state index in [1.54, 1.807) is 6.20 Å². The third-order valence-corrected chi connectivity index (χ3v) is 3.73. The monoisotopic (exact) mass is 232 g/mol. The average Bonchev–Trinajstić information content (AvgIpc) is 2.96. The van der Waals surface area contributed by atoms with Gasteiger partial charge in [0.25, 0.3) is 0 Å². The van der Waals surface area contributed by atoms with Crippen LogP contribution in [0.1, 0.15) is 30.7 Å². The molecule has 4 nitrogen and oxygen atoms in total. The molecular formula is C13H16N2O2. The topological polar surface area (TPSA) is 53.4 Å². The van der Waals surface area contributed by atoms with E-state index in [1.807, 2.05) is 12.1 Å². The Hall–Kier alpha value is -1.58. The van der Waals surface area contributed by atoms with Crippen LogP contribution >= 0.6 is 0 Å². The van der Waals surface area contributed by atoms with Crippen molar-refractivity contribution >= 4 is 11.8 Å². The summed E-state index contributed by atoms with van der Waals surface area (Å²) in [7, 11) is 0. The predicted octanol–water partition coefficient (Wildman–Crippen LogP) is 1.87. The molecule has 17 heavy (non-hydrogen) atoms. The van der Waals surface area contributed by atoms with E-state index in [2.05, 4.69) is 9.88 Å². The van der Waals surface area contributed by atoms with Gasteiger partial charge in [0.05, 0.1) is 5.92 Å². The van der Waals surface area contributed by atoms with E-state index in [0.29, 0.717) is 0 Å². The van der Waals surface area contributed by atoms with Gasteiger partial charge in [-0.2, -0.15) is 0 Å². The summed E-state index contributed by atoms with van der Waals surface area (Å²) < 4.78 is 0. The Morgan fingerprint density at radius 2 is 2.18 bits per heavy atom. The first-order valence-electron chi connectivity index (χ1n) is 6.20. The van der Waals surface area contributed by atoms with Gasteiger partial charge in [0.2, 0.25) is 0 Å². The molecule has 1 N–H and O–H groups in total. The van der Waals surface area contributed by atoms with E-state index in [1.165, 1.54) is 12.8 Å². The van der Waals surface area contributed by atoms with Crippen LogP contribution in [0.3, 0.4) is 0 Å². The molecule has 3 rings (SSSR count). The van der Waals surface area contributed by atoms with Gasteiger partial charge in [-0.25, -0.2) is 4.98 Å². The number of aliphatic carboxylic acids is 1. The molecule has 0 bridgehead atoms. The number of aromatic nitrogens is 1. The van der Waals surface area contributed by atoms with Gasteiger partial charge in [-0.15, -0.1) is 0 Å². The van der Waals surface area contributed by atoms with Crippen molar-refractivity contribution in [2.75, 3.05) is 18.0 Å². The molecule has 1 aromatic rings. The second kappa shape index (κ2) is 4.02. The van der Waals surface area contributed by atoms with Gasteiger partial charge in [-0.05, 0) is 30.9 Å². The molecule has 0 aromatic carbocycles. The summed E-state index contributed by atoms with van der Waals surface area (Å²) in [6.45, 7) is 2.10. The number of hydrogen-bond donors (Lipinski definition) is 1. The summed E-state index contributed by atoms with van der Waals surface area (Å²) in [5.74, 6) is 0.322. The number of pyridine rings is 1. The van der Waals surface area contributed by atoms with Crippen LogP contribution in [0.15, 0.2) is 18.3 Å². The summed E-state index contributed by atoms with van der Waals surface area (Å²) in [6, 6.07) is 3.94. The maximum Gasteiger partial charge on any atom is 0.307 e. The fourth-order valence-corrected chi connectivity index (χ4v) is 2.70. The maximum absolute atomic E-state index is 10.9. The molecule has 1 saturated carbocycles. The van der Waals surface area contributed by atoms with Crippen LogP contribution in [-0.2, 0) is 4.79 Å². The quantitative estimate of drug-likeness (QED) is 0.864. The summed E-state index contributed by atoms with van der Waals surface area (Å²) in [5.41, 5.74) is 1.13. The third-order valence-electron chi connectivity index (χ3n) is 3.73. The Labute approximate surface area is 100 Å². The molecule has 0 radical (unpaired) electrons. The number of rotatable bonds is 3. The van der Waals surface area contributed by atoms with Crippen molar-refractivity contribution < 1.29 is 9.90 Å². The second-order valence-electron chi connectivity index (χ2n) is 4.90. The molecule has 1 aromatic heterocycles. The molecule has 2 unspecified atom stereocenters. The molecule has 1 aliphatic heterocycles. The highest BCUT2D eigenvalue weighted by atomic mass is 16.4. The predicted molar refractivity (Wildman–Crippen MR) is 64.2 cm³/mol. The summed E-state index contributed by atoms with van der Waals surface area (Å²) >= 11 is 0. The third kappa shape index (κ3) is 1.88. The van der Waals surface area contributed by atoms with Crippen LogP contribution in [0.2, 0.25) is 0 Å². The van der Waals surface area contributed by atoms with Crippen molar-refractivity contribution in [1.29, 1.82) is 0 Å². The van der Waals surface area contributed by atoms with Gasteiger partial charge in [0, 0.05) is 25.2 Å². The zero-order valence-corrected chi connectivity index (χ0v) is 9.67. The molecule has 2 aliphatic rings. The Morgan fingerprint density at radius 3 is 2.82 bits per heavy atom. The number of carboxylic acids is 1. The van der Waals surface area contributed by atoms with Gasteiger partial charge in [-0.1, -0.05) is 6.07 Å². The number of hydrogen-bond acceptors (Lipinski definition) is 3. The van der Waals surface area contributed by atoms with Crippen molar-refractivity contribution in [3.05, 3.63) is 23.9 Å². The van der Waals surface area contributed by atoms with Crippen LogP contribution in [-0.4, -0.2) is 29.1 Å². The highest BCUT2D eigenvalue weighted by Gasteiger charge is 2.45.